The molecule has 0 fully saturated rings. The van der Waals surface area contributed by atoms with Gasteiger partial charge >= 0.3 is 5.97 Å². The smallest absolute Gasteiger partial charge is 0.337 e. The van der Waals surface area contributed by atoms with Gasteiger partial charge in [-0.1, -0.05) is 0 Å². The standard InChI is InChI=1S/C14H10FIN2O3/c15-10-5-7(1-3-11(10)17)13(19)18-12-4-2-8(16)6-9(12)14(20)21/h1-6H,17H2,(H,18,19)(H,20,21). The van der Waals surface area contributed by atoms with Gasteiger partial charge in [0.15, 0.2) is 0 Å². The molecule has 0 unspecified atom stereocenters. The molecule has 0 saturated carbocycles. The molecule has 0 aromatic heterocycles. The molecule has 0 bridgehead atoms. The number of nitrogens with one attached hydrogen (secondary N) is 1. The maximum Gasteiger partial charge on any atom is 0.337 e. The predicted octanol–water partition coefficient (Wildman–Crippen LogP) is 2.96. The Morgan fingerprint density at radius 3 is 2.52 bits per heavy atom. The maximum absolute atomic E-state index is 13.3. The fourth-order valence-electron chi connectivity index (χ4n) is 1.67. The van der Waals surface area contributed by atoms with Crippen molar-refractivity contribution >= 4 is 45.8 Å². The molecule has 5 nitrogen and oxygen atoms in total. The molecule has 0 heterocycles. The van der Waals surface area contributed by atoms with E-state index in [9.17, 15) is 14.0 Å². The van der Waals surface area contributed by atoms with E-state index in [1.165, 1.54) is 24.3 Å². The Balaban J connectivity index is 2.31. The van der Waals surface area contributed by atoms with Gasteiger partial charge in [-0.2, -0.15) is 0 Å². The number of benzene rings is 2. The highest BCUT2D eigenvalue weighted by Gasteiger charge is 2.15. The first-order valence-corrected chi connectivity index (χ1v) is 6.85. The lowest BCUT2D eigenvalue weighted by atomic mass is 10.1. The molecule has 0 aliphatic carbocycles. The number of carbonyl (C=O) groups excluding carboxylic acids is 1. The van der Waals surface area contributed by atoms with Crippen molar-refractivity contribution in [1.29, 1.82) is 0 Å². The number of halogens is 2. The number of nitrogens with two attached hydrogens (primary N) is 1. The van der Waals surface area contributed by atoms with Crippen LogP contribution in [0.4, 0.5) is 15.8 Å². The van der Waals surface area contributed by atoms with Gasteiger partial charge in [-0.25, -0.2) is 9.18 Å². The van der Waals surface area contributed by atoms with Crippen LogP contribution in [0.15, 0.2) is 36.4 Å². The van der Waals surface area contributed by atoms with Gasteiger partial charge < -0.3 is 16.2 Å². The average Bonchev–Trinajstić information content (AvgIpc) is 2.43. The zero-order valence-corrected chi connectivity index (χ0v) is 12.7. The first-order valence-electron chi connectivity index (χ1n) is 5.77. The van der Waals surface area contributed by atoms with Crippen LogP contribution in [0.5, 0.6) is 0 Å². The number of amides is 1. The minimum absolute atomic E-state index is 0.0360. The Morgan fingerprint density at radius 2 is 1.90 bits per heavy atom. The van der Waals surface area contributed by atoms with Crippen LogP contribution in [-0.4, -0.2) is 17.0 Å². The Morgan fingerprint density at radius 1 is 1.19 bits per heavy atom. The van der Waals surface area contributed by atoms with Gasteiger partial charge in [-0.3, -0.25) is 4.79 Å². The number of nitrogen functional groups attached to an aromatic ring is 1. The summed E-state index contributed by atoms with van der Waals surface area (Å²) in [5.41, 5.74) is 5.43. The zero-order chi connectivity index (χ0) is 15.6. The average molecular weight is 400 g/mol. The summed E-state index contributed by atoms with van der Waals surface area (Å²) in [5.74, 6) is -2.48. The molecule has 0 aliphatic heterocycles. The first-order chi connectivity index (χ1) is 9.88. The van der Waals surface area contributed by atoms with Gasteiger partial charge in [0.1, 0.15) is 5.82 Å². The van der Waals surface area contributed by atoms with Gasteiger partial charge in [0.25, 0.3) is 5.91 Å². The second-order valence-electron chi connectivity index (χ2n) is 4.19. The van der Waals surface area contributed by atoms with E-state index < -0.39 is 17.7 Å². The van der Waals surface area contributed by atoms with E-state index in [0.717, 1.165) is 9.64 Å². The van der Waals surface area contributed by atoms with E-state index in [0.29, 0.717) is 0 Å². The molecule has 4 N–H and O–H groups in total. The van der Waals surface area contributed by atoms with Gasteiger partial charge in [0, 0.05) is 9.13 Å². The second kappa shape index (κ2) is 6.08. The van der Waals surface area contributed by atoms with E-state index >= 15 is 0 Å². The molecule has 108 valence electrons. The summed E-state index contributed by atoms with van der Waals surface area (Å²) in [4.78, 5) is 23.2. The minimum Gasteiger partial charge on any atom is -0.478 e. The van der Waals surface area contributed by atoms with E-state index in [1.807, 2.05) is 22.6 Å². The van der Waals surface area contributed by atoms with Gasteiger partial charge in [0.2, 0.25) is 0 Å². The number of carboxylic acids is 1. The van der Waals surface area contributed by atoms with Crippen LogP contribution in [0.2, 0.25) is 0 Å². The lowest BCUT2D eigenvalue weighted by molar-refractivity contribution is 0.0698. The Labute approximate surface area is 133 Å². The summed E-state index contributed by atoms with van der Waals surface area (Å²) >= 11 is 1.97. The summed E-state index contributed by atoms with van der Waals surface area (Å²) in [7, 11) is 0. The number of anilines is 2. The fourth-order valence-corrected chi connectivity index (χ4v) is 2.16. The van der Waals surface area contributed by atoms with Crippen molar-refractivity contribution in [2.24, 2.45) is 0 Å². The highest BCUT2D eigenvalue weighted by Crippen LogP contribution is 2.20. The molecule has 0 aliphatic rings. The van der Waals surface area contributed by atoms with Gasteiger partial charge in [0.05, 0.1) is 16.9 Å². The summed E-state index contributed by atoms with van der Waals surface area (Å²) in [6.07, 6.45) is 0. The highest BCUT2D eigenvalue weighted by molar-refractivity contribution is 14.1. The fraction of sp³-hybridized carbons (Fsp3) is 0. The van der Waals surface area contributed by atoms with Crippen molar-refractivity contribution in [1.82, 2.24) is 0 Å². The van der Waals surface area contributed by atoms with Crippen LogP contribution in [0.1, 0.15) is 20.7 Å². The van der Waals surface area contributed by atoms with Gasteiger partial charge in [-0.05, 0) is 59.0 Å². The van der Waals surface area contributed by atoms with Crippen LogP contribution in [0, 0.1) is 9.39 Å². The quantitative estimate of drug-likeness (QED) is 0.546. The van der Waals surface area contributed by atoms with E-state index in [1.54, 1.807) is 6.07 Å². The summed E-state index contributed by atoms with van der Waals surface area (Å²) in [5, 5.41) is 11.6. The van der Waals surface area contributed by atoms with Gasteiger partial charge in [-0.15, -0.1) is 0 Å². The molecule has 2 aromatic rings. The molecule has 0 atom stereocenters. The maximum atomic E-state index is 13.3. The lowest BCUT2D eigenvalue weighted by Gasteiger charge is -2.09. The van der Waals surface area contributed by atoms with E-state index in [-0.39, 0.29) is 22.5 Å². The third kappa shape index (κ3) is 3.48. The number of rotatable bonds is 3. The highest BCUT2D eigenvalue weighted by atomic mass is 127. The van der Waals surface area contributed by atoms with E-state index in [2.05, 4.69) is 5.32 Å². The SMILES string of the molecule is Nc1ccc(C(=O)Nc2ccc(I)cc2C(=O)O)cc1F. The molecule has 0 spiro atoms. The molecule has 1 amide bonds. The Hall–Kier alpha value is -2.16. The van der Waals surface area contributed by atoms with Crippen molar-refractivity contribution in [3.63, 3.8) is 0 Å². The number of carboxylic acid groups (broad SMARTS) is 1. The molecular weight excluding hydrogens is 390 g/mol. The third-order valence-corrected chi connectivity index (χ3v) is 3.39. The van der Waals surface area contributed by atoms with Crippen LogP contribution in [0.25, 0.3) is 0 Å². The molecule has 21 heavy (non-hydrogen) atoms. The molecule has 0 saturated heterocycles. The second-order valence-corrected chi connectivity index (χ2v) is 5.43. The summed E-state index contributed by atoms with van der Waals surface area (Å²) in [6.45, 7) is 0. The van der Waals surface area contributed by atoms with E-state index in [4.69, 9.17) is 10.8 Å². The predicted molar refractivity (Wildman–Crippen MR) is 84.9 cm³/mol. The Bertz CT molecular complexity index is 734. The molecule has 0 radical (unpaired) electrons. The van der Waals surface area contributed by atoms with Crippen molar-refractivity contribution < 1.29 is 19.1 Å². The number of hydrogen-bond donors (Lipinski definition) is 3. The topological polar surface area (TPSA) is 92.4 Å². The zero-order valence-electron chi connectivity index (χ0n) is 10.6. The van der Waals surface area contributed by atoms with Crippen LogP contribution >= 0.6 is 22.6 Å². The third-order valence-electron chi connectivity index (χ3n) is 2.72. The number of aromatic carboxylic acids is 1. The summed E-state index contributed by atoms with van der Waals surface area (Å²) < 4.78 is 14.1. The molecule has 2 aromatic carbocycles. The number of carbonyl (C=O) groups is 2. The monoisotopic (exact) mass is 400 g/mol. The van der Waals surface area contributed by atoms with Crippen molar-refractivity contribution in [2.75, 3.05) is 11.1 Å². The summed E-state index contributed by atoms with van der Waals surface area (Å²) in [6, 6.07) is 8.21. The van der Waals surface area contributed by atoms with Crippen molar-refractivity contribution in [3.8, 4) is 0 Å². The first kappa shape index (κ1) is 15.2. The molecular formula is C14H10FIN2O3. The van der Waals surface area contributed by atoms with Crippen LogP contribution in [-0.2, 0) is 0 Å². The molecule has 2 rings (SSSR count). The van der Waals surface area contributed by atoms with Crippen molar-refractivity contribution in [2.45, 2.75) is 0 Å². The molecule has 7 heteroatoms. The van der Waals surface area contributed by atoms with Crippen molar-refractivity contribution in [3.05, 3.63) is 56.9 Å². The largest absolute Gasteiger partial charge is 0.478 e. The lowest BCUT2D eigenvalue weighted by Crippen LogP contribution is -2.15. The Kier molecular flexibility index (Phi) is 4.41. The van der Waals surface area contributed by atoms with Crippen LogP contribution < -0.4 is 11.1 Å². The normalized spacial score (nSPS) is 10.2. The van der Waals surface area contributed by atoms with Crippen LogP contribution in [0.3, 0.4) is 0 Å². The number of hydrogen-bond acceptors (Lipinski definition) is 3. The minimum atomic E-state index is -1.16.